The molecule has 0 spiro atoms. The molecule has 2 fully saturated rings. The van der Waals surface area contributed by atoms with Gasteiger partial charge >= 0.3 is 0 Å². The van der Waals surface area contributed by atoms with Gasteiger partial charge in [0, 0.05) is 58.3 Å². The number of carbonyl (C=O) groups excluding carboxylic acids is 1. The lowest BCUT2D eigenvalue weighted by Gasteiger charge is -2.40. The van der Waals surface area contributed by atoms with Crippen molar-refractivity contribution in [2.75, 3.05) is 52.5 Å². The SMILES string of the molecule is C[C@@H]1CN(Cc2ccccc2)CCN1CCC(=O)N1CCOCC1. The molecule has 3 rings (SSSR count). The molecule has 1 amide bonds. The minimum Gasteiger partial charge on any atom is -0.378 e. The first-order valence-corrected chi connectivity index (χ1v) is 9.08. The summed E-state index contributed by atoms with van der Waals surface area (Å²) in [5.74, 6) is 0.275. The molecule has 2 aliphatic heterocycles. The van der Waals surface area contributed by atoms with Crippen LogP contribution in [0.2, 0.25) is 0 Å². The molecule has 2 aliphatic rings. The van der Waals surface area contributed by atoms with Gasteiger partial charge in [0.1, 0.15) is 0 Å². The number of piperazine rings is 1. The average Bonchev–Trinajstić information content (AvgIpc) is 2.62. The van der Waals surface area contributed by atoms with Crippen LogP contribution >= 0.6 is 0 Å². The Bertz CT molecular complexity index is 517. The summed E-state index contributed by atoms with van der Waals surface area (Å²) < 4.78 is 5.31. The van der Waals surface area contributed by atoms with Crippen LogP contribution in [-0.2, 0) is 16.1 Å². The van der Waals surface area contributed by atoms with Gasteiger partial charge in [-0.25, -0.2) is 0 Å². The predicted molar refractivity (Wildman–Crippen MR) is 94.8 cm³/mol. The smallest absolute Gasteiger partial charge is 0.224 e. The van der Waals surface area contributed by atoms with Gasteiger partial charge < -0.3 is 9.64 Å². The molecule has 1 aromatic carbocycles. The number of hydrogen-bond acceptors (Lipinski definition) is 4. The Hall–Kier alpha value is -1.43. The summed E-state index contributed by atoms with van der Waals surface area (Å²) >= 11 is 0. The maximum atomic E-state index is 12.3. The molecule has 1 atom stereocenters. The van der Waals surface area contributed by atoms with Crippen molar-refractivity contribution in [3.8, 4) is 0 Å². The quantitative estimate of drug-likeness (QED) is 0.818. The molecular formula is C19H29N3O2. The highest BCUT2D eigenvalue weighted by atomic mass is 16.5. The zero-order chi connectivity index (χ0) is 16.8. The molecule has 2 heterocycles. The van der Waals surface area contributed by atoms with E-state index < -0.39 is 0 Å². The third-order valence-corrected chi connectivity index (χ3v) is 5.07. The molecule has 0 aliphatic carbocycles. The van der Waals surface area contributed by atoms with E-state index in [1.165, 1.54) is 5.56 Å². The number of hydrogen-bond donors (Lipinski definition) is 0. The summed E-state index contributed by atoms with van der Waals surface area (Å²) in [6.07, 6.45) is 0.628. The molecule has 5 heteroatoms. The van der Waals surface area contributed by atoms with Gasteiger partial charge in [0.25, 0.3) is 0 Å². The van der Waals surface area contributed by atoms with E-state index in [4.69, 9.17) is 4.74 Å². The van der Waals surface area contributed by atoms with Crippen molar-refractivity contribution in [2.24, 2.45) is 0 Å². The number of nitrogens with zero attached hydrogens (tertiary/aromatic N) is 3. The van der Waals surface area contributed by atoms with Crippen molar-refractivity contribution in [3.63, 3.8) is 0 Å². The molecule has 0 bridgehead atoms. The van der Waals surface area contributed by atoms with Crippen molar-refractivity contribution < 1.29 is 9.53 Å². The highest BCUT2D eigenvalue weighted by molar-refractivity contribution is 5.76. The summed E-state index contributed by atoms with van der Waals surface area (Å²) in [6.45, 7) is 10.2. The van der Waals surface area contributed by atoms with Crippen molar-refractivity contribution in [3.05, 3.63) is 35.9 Å². The molecule has 0 radical (unpaired) electrons. The molecule has 5 nitrogen and oxygen atoms in total. The summed E-state index contributed by atoms with van der Waals surface area (Å²) in [6, 6.07) is 11.2. The van der Waals surface area contributed by atoms with Crippen LogP contribution in [0.25, 0.3) is 0 Å². The molecular weight excluding hydrogens is 302 g/mol. The van der Waals surface area contributed by atoms with Crippen LogP contribution in [0.15, 0.2) is 30.3 Å². The van der Waals surface area contributed by atoms with Gasteiger partial charge in [-0.3, -0.25) is 14.6 Å². The monoisotopic (exact) mass is 331 g/mol. The fraction of sp³-hybridized carbons (Fsp3) is 0.632. The van der Waals surface area contributed by atoms with E-state index in [9.17, 15) is 4.79 Å². The Labute approximate surface area is 145 Å². The maximum Gasteiger partial charge on any atom is 0.224 e. The normalized spacial score (nSPS) is 23.4. The second kappa shape index (κ2) is 8.60. The van der Waals surface area contributed by atoms with Gasteiger partial charge in [0.2, 0.25) is 5.91 Å². The van der Waals surface area contributed by atoms with Crippen LogP contribution in [0.3, 0.4) is 0 Å². The van der Waals surface area contributed by atoms with Gasteiger partial charge in [0.15, 0.2) is 0 Å². The van der Waals surface area contributed by atoms with E-state index in [-0.39, 0.29) is 5.91 Å². The number of rotatable bonds is 5. The van der Waals surface area contributed by atoms with E-state index in [0.29, 0.717) is 25.7 Å². The standard InChI is InChI=1S/C19H29N3O2/c1-17-15-20(16-18-5-3-2-4-6-18)9-10-21(17)8-7-19(23)22-11-13-24-14-12-22/h2-6,17H,7-16H2,1H3/t17-/m1/s1. The van der Waals surface area contributed by atoms with Crippen molar-refractivity contribution >= 4 is 5.91 Å². The lowest BCUT2D eigenvalue weighted by Crippen LogP contribution is -2.52. The summed E-state index contributed by atoms with van der Waals surface area (Å²) in [5.41, 5.74) is 1.38. The van der Waals surface area contributed by atoms with E-state index in [0.717, 1.165) is 45.8 Å². The minimum atomic E-state index is 0.275. The van der Waals surface area contributed by atoms with Gasteiger partial charge in [-0.15, -0.1) is 0 Å². The zero-order valence-corrected chi connectivity index (χ0v) is 14.7. The first-order chi connectivity index (χ1) is 11.7. The molecule has 24 heavy (non-hydrogen) atoms. The molecule has 0 unspecified atom stereocenters. The minimum absolute atomic E-state index is 0.275. The van der Waals surface area contributed by atoms with Crippen LogP contribution < -0.4 is 0 Å². The maximum absolute atomic E-state index is 12.3. The van der Waals surface area contributed by atoms with Gasteiger partial charge in [0.05, 0.1) is 13.2 Å². The predicted octanol–water partition coefficient (Wildman–Crippen LogP) is 1.44. The summed E-state index contributed by atoms with van der Waals surface area (Å²) in [7, 11) is 0. The second-order valence-electron chi connectivity index (χ2n) is 6.85. The Morgan fingerprint density at radius 3 is 2.58 bits per heavy atom. The van der Waals surface area contributed by atoms with Crippen molar-refractivity contribution in [1.29, 1.82) is 0 Å². The van der Waals surface area contributed by atoms with Crippen LogP contribution in [0.1, 0.15) is 18.9 Å². The largest absolute Gasteiger partial charge is 0.378 e. The zero-order valence-electron chi connectivity index (χ0n) is 14.7. The topological polar surface area (TPSA) is 36.0 Å². The van der Waals surface area contributed by atoms with Crippen molar-refractivity contribution in [1.82, 2.24) is 14.7 Å². The van der Waals surface area contributed by atoms with Crippen LogP contribution in [-0.4, -0.2) is 79.1 Å². The van der Waals surface area contributed by atoms with Gasteiger partial charge in [-0.05, 0) is 12.5 Å². The fourth-order valence-corrected chi connectivity index (χ4v) is 3.60. The third kappa shape index (κ3) is 4.79. The lowest BCUT2D eigenvalue weighted by molar-refractivity contribution is -0.135. The number of ether oxygens (including phenoxy) is 1. The first kappa shape index (κ1) is 17.4. The Balaban J connectivity index is 1.41. The Morgan fingerprint density at radius 1 is 1.12 bits per heavy atom. The van der Waals surface area contributed by atoms with E-state index in [1.54, 1.807) is 0 Å². The first-order valence-electron chi connectivity index (χ1n) is 9.08. The number of morpholine rings is 1. The van der Waals surface area contributed by atoms with Crippen molar-refractivity contribution in [2.45, 2.75) is 25.9 Å². The van der Waals surface area contributed by atoms with Crippen LogP contribution in [0, 0.1) is 0 Å². The number of benzene rings is 1. The summed E-state index contributed by atoms with van der Waals surface area (Å²) in [4.78, 5) is 19.2. The van der Waals surface area contributed by atoms with E-state index >= 15 is 0 Å². The average molecular weight is 331 g/mol. The molecule has 0 aromatic heterocycles. The van der Waals surface area contributed by atoms with Gasteiger partial charge in [-0.1, -0.05) is 30.3 Å². The van der Waals surface area contributed by atoms with Gasteiger partial charge in [-0.2, -0.15) is 0 Å². The third-order valence-electron chi connectivity index (χ3n) is 5.07. The summed E-state index contributed by atoms with van der Waals surface area (Å²) in [5, 5.41) is 0. The lowest BCUT2D eigenvalue weighted by atomic mass is 10.1. The highest BCUT2D eigenvalue weighted by Crippen LogP contribution is 2.14. The highest BCUT2D eigenvalue weighted by Gasteiger charge is 2.25. The molecule has 0 saturated carbocycles. The number of carbonyl (C=O) groups is 1. The molecule has 0 N–H and O–H groups in total. The van der Waals surface area contributed by atoms with Crippen LogP contribution in [0.5, 0.6) is 0 Å². The molecule has 2 saturated heterocycles. The van der Waals surface area contributed by atoms with E-state index in [2.05, 4.69) is 47.1 Å². The van der Waals surface area contributed by atoms with Crippen LogP contribution in [0.4, 0.5) is 0 Å². The number of amides is 1. The second-order valence-corrected chi connectivity index (χ2v) is 6.85. The Kier molecular flexibility index (Phi) is 6.24. The van der Waals surface area contributed by atoms with E-state index in [1.807, 2.05) is 4.90 Å². The fourth-order valence-electron chi connectivity index (χ4n) is 3.60. The molecule has 1 aromatic rings. The Morgan fingerprint density at radius 2 is 1.88 bits per heavy atom. The molecule has 132 valence electrons.